The van der Waals surface area contributed by atoms with E-state index in [2.05, 4.69) is 0 Å². The lowest BCUT2D eigenvalue weighted by molar-refractivity contribution is 0.0535. The van der Waals surface area contributed by atoms with Crippen molar-refractivity contribution < 1.29 is 23.1 Å². The molecule has 3 aromatic carbocycles. The molecular weight excluding hydrogens is 559 g/mol. The second kappa shape index (κ2) is 11.3. The molecule has 0 N–H and O–H groups in total. The van der Waals surface area contributed by atoms with Crippen molar-refractivity contribution in [1.29, 1.82) is 0 Å². The fourth-order valence-corrected chi connectivity index (χ4v) is 5.38. The number of rotatable bonds is 5. The van der Waals surface area contributed by atoms with Crippen LogP contribution in [0.4, 0.5) is 8.78 Å². The highest BCUT2D eigenvalue weighted by Gasteiger charge is 2.29. The molecule has 10 heteroatoms. The van der Waals surface area contributed by atoms with Gasteiger partial charge in [0.25, 0.3) is 11.8 Å². The van der Waals surface area contributed by atoms with Gasteiger partial charge in [-0.1, -0.05) is 23.2 Å². The molecule has 1 aromatic heterocycles. The number of aromatic nitrogens is 1. The Kier molecular flexibility index (Phi) is 7.83. The van der Waals surface area contributed by atoms with Crippen molar-refractivity contribution in [2.45, 2.75) is 6.92 Å². The van der Waals surface area contributed by atoms with E-state index in [1.807, 2.05) is 12.1 Å². The Balaban J connectivity index is 1.44. The number of benzene rings is 3. The van der Waals surface area contributed by atoms with E-state index >= 15 is 0 Å². The third kappa shape index (κ3) is 5.29. The summed E-state index contributed by atoms with van der Waals surface area (Å²) < 4.78 is 35.6. The maximum atomic E-state index is 15.0. The molecule has 1 saturated heterocycles. The van der Waals surface area contributed by atoms with E-state index < -0.39 is 11.6 Å². The van der Waals surface area contributed by atoms with Gasteiger partial charge in [-0.25, -0.2) is 8.78 Å². The summed E-state index contributed by atoms with van der Waals surface area (Å²) in [5, 5.41) is 0.709. The average molecular weight is 584 g/mol. The van der Waals surface area contributed by atoms with Gasteiger partial charge in [-0.2, -0.15) is 0 Å². The van der Waals surface area contributed by atoms with Gasteiger partial charge in [-0.3, -0.25) is 9.59 Å². The Labute approximate surface area is 240 Å². The molecule has 6 nitrogen and oxygen atoms in total. The number of ether oxygens (including phenoxy) is 1. The second-order valence-corrected chi connectivity index (χ2v) is 10.2. The molecule has 0 radical (unpaired) electrons. The molecule has 5 rings (SSSR count). The van der Waals surface area contributed by atoms with Crippen LogP contribution in [0, 0.1) is 18.6 Å². The minimum Gasteiger partial charge on any atom is -0.497 e. The molecule has 0 unspecified atom stereocenters. The fraction of sp³-hybridized carbons (Fsp3) is 0.200. The smallest absolute Gasteiger partial charge is 0.255 e. The van der Waals surface area contributed by atoms with Crippen molar-refractivity contribution >= 4 is 35.0 Å². The average Bonchev–Trinajstić information content (AvgIpc) is 3.29. The number of nitrogens with zero attached hydrogens (tertiary/aromatic N) is 3. The molecule has 0 atom stereocenters. The standard InChI is InChI=1S/C30H25Cl2F2N3O3/c1-18-24(30(39)36-13-11-35(12-14-36)29(38)23-9-5-20(31)15-25(23)32)17-28(19-3-7-22(40-2)8-4-19)37(18)27-10-6-21(33)16-26(27)34/h3-10,15-17H,11-14H2,1-2H3. The first-order chi connectivity index (χ1) is 19.2. The molecule has 1 fully saturated rings. The lowest BCUT2D eigenvalue weighted by Gasteiger charge is -2.35. The summed E-state index contributed by atoms with van der Waals surface area (Å²) in [5.74, 6) is -1.27. The maximum absolute atomic E-state index is 15.0. The highest BCUT2D eigenvalue weighted by Crippen LogP contribution is 2.33. The third-order valence-corrected chi connectivity index (χ3v) is 7.58. The van der Waals surface area contributed by atoms with Gasteiger partial charge in [-0.15, -0.1) is 0 Å². The van der Waals surface area contributed by atoms with Gasteiger partial charge in [0.2, 0.25) is 0 Å². The number of hydrogen-bond acceptors (Lipinski definition) is 3. The Morgan fingerprint density at radius 1 is 0.800 bits per heavy atom. The van der Waals surface area contributed by atoms with Crippen LogP contribution in [0.5, 0.6) is 5.75 Å². The Morgan fingerprint density at radius 3 is 2.00 bits per heavy atom. The number of carbonyl (C=O) groups excluding carboxylic acids is 2. The lowest BCUT2D eigenvalue weighted by Crippen LogP contribution is -2.50. The zero-order valence-electron chi connectivity index (χ0n) is 21.8. The minimum atomic E-state index is -0.750. The first kappa shape index (κ1) is 27.7. The highest BCUT2D eigenvalue weighted by molar-refractivity contribution is 6.36. The summed E-state index contributed by atoms with van der Waals surface area (Å²) in [4.78, 5) is 30.1. The minimum absolute atomic E-state index is 0.124. The number of methoxy groups -OCH3 is 1. The van der Waals surface area contributed by atoms with Crippen molar-refractivity contribution in [1.82, 2.24) is 14.4 Å². The molecule has 2 amide bonds. The first-order valence-corrected chi connectivity index (χ1v) is 13.3. The predicted molar refractivity (Wildman–Crippen MR) is 151 cm³/mol. The molecule has 40 heavy (non-hydrogen) atoms. The monoisotopic (exact) mass is 583 g/mol. The topological polar surface area (TPSA) is 54.8 Å². The van der Waals surface area contributed by atoms with Crippen molar-refractivity contribution in [3.8, 4) is 22.7 Å². The molecule has 1 aliphatic heterocycles. The molecule has 1 aliphatic rings. The SMILES string of the molecule is COc1ccc(-c2cc(C(=O)N3CCN(C(=O)c4ccc(Cl)cc4Cl)CC3)c(C)n2-c2ccc(F)cc2F)cc1. The van der Waals surface area contributed by atoms with Gasteiger partial charge in [0.05, 0.1) is 34.6 Å². The van der Waals surface area contributed by atoms with Crippen LogP contribution in [0.15, 0.2) is 66.7 Å². The maximum Gasteiger partial charge on any atom is 0.255 e. The number of hydrogen-bond donors (Lipinski definition) is 0. The molecule has 0 bridgehead atoms. The van der Waals surface area contributed by atoms with Crippen molar-refractivity contribution in [2.24, 2.45) is 0 Å². The van der Waals surface area contributed by atoms with Gasteiger partial charge < -0.3 is 19.1 Å². The van der Waals surface area contributed by atoms with Crippen molar-refractivity contribution in [3.63, 3.8) is 0 Å². The predicted octanol–water partition coefficient (Wildman–Crippen LogP) is 6.64. The molecule has 4 aromatic rings. The zero-order valence-corrected chi connectivity index (χ0v) is 23.3. The summed E-state index contributed by atoms with van der Waals surface area (Å²) in [6.45, 7) is 2.99. The Hall–Kier alpha value is -3.88. The van der Waals surface area contributed by atoms with E-state index in [1.165, 1.54) is 18.2 Å². The summed E-state index contributed by atoms with van der Waals surface area (Å²) >= 11 is 12.2. The van der Waals surface area contributed by atoms with Crippen LogP contribution in [-0.2, 0) is 0 Å². The molecule has 0 saturated carbocycles. The summed E-state index contributed by atoms with van der Waals surface area (Å²) in [7, 11) is 1.56. The van der Waals surface area contributed by atoms with E-state index in [9.17, 15) is 18.4 Å². The summed E-state index contributed by atoms with van der Waals surface area (Å²) in [5.41, 5.74) is 2.66. The quantitative estimate of drug-likeness (QED) is 0.264. The van der Waals surface area contributed by atoms with Crippen LogP contribution >= 0.6 is 23.2 Å². The lowest BCUT2D eigenvalue weighted by atomic mass is 10.1. The molecular formula is C30H25Cl2F2N3O3. The normalized spacial score (nSPS) is 13.4. The van der Waals surface area contributed by atoms with Crippen molar-refractivity contribution in [2.75, 3.05) is 33.3 Å². The van der Waals surface area contributed by atoms with Crippen LogP contribution in [0.25, 0.3) is 16.9 Å². The number of halogens is 4. The second-order valence-electron chi connectivity index (χ2n) is 9.40. The largest absolute Gasteiger partial charge is 0.497 e. The summed E-state index contributed by atoms with van der Waals surface area (Å²) in [6.07, 6.45) is 0. The van der Waals surface area contributed by atoms with Gasteiger partial charge in [-0.05, 0) is 73.2 Å². The van der Waals surface area contributed by atoms with Crippen molar-refractivity contribution in [3.05, 3.63) is 105 Å². The Bertz CT molecular complexity index is 1600. The molecule has 0 spiro atoms. The van der Waals surface area contributed by atoms with E-state index in [0.717, 1.165) is 11.6 Å². The molecule has 206 valence electrons. The fourth-order valence-electron chi connectivity index (χ4n) is 4.89. The molecule has 2 heterocycles. The highest BCUT2D eigenvalue weighted by atomic mass is 35.5. The third-order valence-electron chi connectivity index (χ3n) is 7.03. The number of carbonyl (C=O) groups is 2. The van der Waals surface area contributed by atoms with Gasteiger partial charge in [0.15, 0.2) is 0 Å². The van der Waals surface area contributed by atoms with Crippen LogP contribution in [0.2, 0.25) is 10.0 Å². The van der Waals surface area contributed by atoms with Crippen LogP contribution in [0.1, 0.15) is 26.4 Å². The number of piperazine rings is 1. The van der Waals surface area contributed by atoms with E-state index in [0.29, 0.717) is 59.5 Å². The van der Waals surface area contributed by atoms with Crippen LogP contribution in [0.3, 0.4) is 0 Å². The Morgan fingerprint density at radius 2 is 1.43 bits per heavy atom. The van der Waals surface area contributed by atoms with E-state index in [4.69, 9.17) is 27.9 Å². The van der Waals surface area contributed by atoms with Gasteiger partial charge in [0, 0.05) is 43.0 Å². The number of amides is 2. The van der Waals surface area contributed by atoms with Crippen LogP contribution in [-0.4, -0.2) is 59.5 Å². The molecule has 0 aliphatic carbocycles. The van der Waals surface area contributed by atoms with Gasteiger partial charge >= 0.3 is 0 Å². The van der Waals surface area contributed by atoms with E-state index in [1.54, 1.807) is 58.7 Å². The van der Waals surface area contributed by atoms with Crippen LogP contribution < -0.4 is 4.74 Å². The van der Waals surface area contributed by atoms with E-state index in [-0.39, 0.29) is 22.5 Å². The zero-order chi connectivity index (χ0) is 28.6. The van der Waals surface area contributed by atoms with Gasteiger partial charge in [0.1, 0.15) is 17.4 Å². The summed E-state index contributed by atoms with van der Waals surface area (Å²) in [6, 6.07) is 17.0. The first-order valence-electron chi connectivity index (χ1n) is 12.5.